The first-order valence-corrected chi connectivity index (χ1v) is 14.3. The summed E-state index contributed by atoms with van der Waals surface area (Å²) in [5, 5.41) is 18.9. The molecule has 3 aromatic carbocycles. The lowest BCUT2D eigenvalue weighted by Crippen LogP contribution is -2.60. The monoisotopic (exact) mass is 573 g/mol. The summed E-state index contributed by atoms with van der Waals surface area (Å²) >= 11 is 0. The van der Waals surface area contributed by atoms with Gasteiger partial charge in [-0.3, -0.25) is 4.90 Å². The second-order valence-electron chi connectivity index (χ2n) is 11.2. The Morgan fingerprint density at radius 2 is 1.74 bits per heavy atom. The molecule has 1 saturated heterocycles. The van der Waals surface area contributed by atoms with E-state index in [4.69, 9.17) is 9.26 Å². The maximum atomic E-state index is 13.9. The van der Waals surface area contributed by atoms with Crippen LogP contribution in [0.4, 0.5) is 8.78 Å². The molecular formula is C34H37F2N3O3. The summed E-state index contributed by atoms with van der Waals surface area (Å²) in [6.45, 7) is 7.91. The number of hydrogen-bond donors (Lipinski definition) is 2. The van der Waals surface area contributed by atoms with Crippen LogP contribution >= 0.6 is 0 Å². The van der Waals surface area contributed by atoms with Gasteiger partial charge in [0.05, 0.1) is 17.3 Å². The van der Waals surface area contributed by atoms with E-state index in [0.717, 1.165) is 22.4 Å². The summed E-state index contributed by atoms with van der Waals surface area (Å²) in [6.07, 6.45) is 2.94. The molecule has 220 valence electrons. The van der Waals surface area contributed by atoms with E-state index in [9.17, 15) is 13.9 Å². The smallest absolute Gasteiger partial charge is 0.159 e. The molecule has 0 aliphatic carbocycles. The minimum absolute atomic E-state index is 0.0787. The van der Waals surface area contributed by atoms with Gasteiger partial charge in [0.2, 0.25) is 0 Å². The number of piperazine rings is 1. The molecule has 8 heteroatoms. The van der Waals surface area contributed by atoms with Crippen molar-refractivity contribution in [1.82, 2.24) is 15.4 Å². The van der Waals surface area contributed by atoms with Crippen LogP contribution in [0, 0.1) is 11.6 Å². The molecule has 0 radical (unpaired) electrons. The van der Waals surface area contributed by atoms with Gasteiger partial charge in [-0.15, -0.1) is 0 Å². The van der Waals surface area contributed by atoms with Gasteiger partial charge in [-0.05, 0) is 66.5 Å². The van der Waals surface area contributed by atoms with Crippen LogP contribution in [0.25, 0.3) is 12.2 Å². The quantitative estimate of drug-likeness (QED) is 0.224. The third-order valence-electron chi connectivity index (χ3n) is 7.93. The molecule has 3 atom stereocenters. The van der Waals surface area contributed by atoms with Crippen molar-refractivity contribution >= 4 is 12.2 Å². The Hall–Kier alpha value is -3.85. The molecule has 6 nitrogen and oxygen atoms in total. The number of β-amino-alcohol motifs (C(OH)–C–C–N with tert-alkyl or cyclic N) is 1. The summed E-state index contributed by atoms with van der Waals surface area (Å²) in [5.74, 6) is 0.948. The molecule has 1 aliphatic heterocycles. The molecule has 5 rings (SSSR count). The van der Waals surface area contributed by atoms with Crippen molar-refractivity contribution in [1.29, 1.82) is 0 Å². The minimum atomic E-state index is -0.809. The molecule has 3 unspecified atom stereocenters. The zero-order valence-corrected chi connectivity index (χ0v) is 24.1. The Bertz CT molecular complexity index is 1490. The third kappa shape index (κ3) is 6.62. The zero-order chi connectivity index (χ0) is 29.7. The van der Waals surface area contributed by atoms with Gasteiger partial charge in [-0.1, -0.05) is 61.5 Å². The Labute approximate surface area is 245 Å². The third-order valence-corrected chi connectivity index (χ3v) is 7.93. The lowest BCUT2D eigenvalue weighted by atomic mass is 9.77. The average molecular weight is 574 g/mol. The SMILES string of the molecule is CC(C)c1cc(C=Cc2ccccc2OCC(O)CN2CCNC(c3ccc(F)cc3)C2(C)c2ccc(F)cc2)on1. The van der Waals surface area contributed by atoms with Crippen molar-refractivity contribution in [3.63, 3.8) is 0 Å². The van der Waals surface area contributed by atoms with Crippen LogP contribution < -0.4 is 10.1 Å². The fourth-order valence-electron chi connectivity index (χ4n) is 5.54. The van der Waals surface area contributed by atoms with Gasteiger partial charge >= 0.3 is 0 Å². The molecule has 1 fully saturated rings. The fraction of sp³-hybridized carbons (Fsp3) is 0.324. The maximum absolute atomic E-state index is 13.9. The highest BCUT2D eigenvalue weighted by molar-refractivity contribution is 5.70. The van der Waals surface area contributed by atoms with Crippen molar-refractivity contribution in [2.24, 2.45) is 0 Å². The van der Waals surface area contributed by atoms with Crippen LogP contribution in [0.3, 0.4) is 0 Å². The lowest BCUT2D eigenvalue weighted by Gasteiger charge is -2.51. The van der Waals surface area contributed by atoms with E-state index in [1.54, 1.807) is 24.3 Å². The largest absolute Gasteiger partial charge is 0.490 e. The topological polar surface area (TPSA) is 70.8 Å². The van der Waals surface area contributed by atoms with Gasteiger partial charge in [-0.25, -0.2) is 8.78 Å². The van der Waals surface area contributed by atoms with Crippen LogP contribution in [0.2, 0.25) is 0 Å². The van der Waals surface area contributed by atoms with E-state index in [0.29, 0.717) is 31.1 Å². The number of nitrogens with one attached hydrogen (secondary N) is 1. The number of aromatic nitrogens is 1. The Morgan fingerprint density at radius 3 is 2.43 bits per heavy atom. The van der Waals surface area contributed by atoms with Crippen molar-refractivity contribution in [3.8, 4) is 5.75 Å². The maximum Gasteiger partial charge on any atom is 0.159 e. The first-order chi connectivity index (χ1) is 20.2. The van der Waals surface area contributed by atoms with Crippen LogP contribution in [0.5, 0.6) is 5.75 Å². The first-order valence-electron chi connectivity index (χ1n) is 14.3. The van der Waals surface area contributed by atoms with E-state index < -0.39 is 11.6 Å². The van der Waals surface area contributed by atoms with Gasteiger partial charge in [0.15, 0.2) is 5.76 Å². The van der Waals surface area contributed by atoms with Crippen molar-refractivity contribution < 1.29 is 23.1 Å². The molecule has 0 bridgehead atoms. The molecule has 0 amide bonds. The number of nitrogens with zero attached hydrogens (tertiary/aromatic N) is 2. The highest BCUT2D eigenvalue weighted by Gasteiger charge is 2.45. The number of para-hydroxylation sites is 1. The molecule has 1 aromatic heterocycles. The van der Waals surface area contributed by atoms with Crippen molar-refractivity contribution in [2.75, 3.05) is 26.2 Å². The minimum Gasteiger partial charge on any atom is -0.490 e. The standard InChI is InChI=1S/C34H37F2N3O3/c1-23(2)31-20-30(42-38-31)17-10-24-6-4-5-7-32(24)41-22-29(40)21-39-19-18-37-33(25-8-13-27(35)14-9-25)34(39,3)26-11-15-28(36)16-12-26/h4-17,20,23,29,33,37,40H,18-19,21-22H2,1-3H3. The molecule has 0 saturated carbocycles. The number of aliphatic hydroxyl groups excluding tert-OH is 1. The summed E-state index contributed by atoms with van der Waals surface area (Å²) in [7, 11) is 0. The molecule has 0 spiro atoms. The fourth-order valence-corrected chi connectivity index (χ4v) is 5.54. The zero-order valence-electron chi connectivity index (χ0n) is 24.1. The summed E-state index contributed by atoms with van der Waals surface area (Å²) in [4.78, 5) is 2.20. The Kier molecular flexibility index (Phi) is 9.16. The van der Waals surface area contributed by atoms with Gasteiger partial charge in [0, 0.05) is 31.3 Å². The van der Waals surface area contributed by atoms with Gasteiger partial charge < -0.3 is 19.7 Å². The second kappa shape index (κ2) is 13.0. The van der Waals surface area contributed by atoms with E-state index in [1.807, 2.05) is 42.5 Å². The Balaban J connectivity index is 1.32. The summed E-state index contributed by atoms with van der Waals surface area (Å²) in [6, 6.07) is 22.2. The molecular weight excluding hydrogens is 536 g/mol. The highest BCUT2D eigenvalue weighted by atomic mass is 19.1. The predicted octanol–water partition coefficient (Wildman–Crippen LogP) is 6.55. The number of halogens is 2. The highest BCUT2D eigenvalue weighted by Crippen LogP contribution is 2.42. The van der Waals surface area contributed by atoms with Gasteiger partial charge in [0.25, 0.3) is 0 Å². The summed E-state index contributed by atoms with van der Waals surface area (Å²) in [5.41, 5.74) is 2.89. The first kappa shape index (κ1) is 29.6. The number of hydrogen-bond acceptors (Lipinski definition) is 6. The van der Waals surface area contributed by atoms with E-state index in [2.05, 4.69) is 36.1 Å². The number of rotatable bonds is 10. The van der Waals surface area contributed by atoms with Crippen LogP contribution in [0.1, 0.15) is 60.9 Å². The van der Waals surface area contributed by atoms with Crippen molar-refractivity contribution in [2.45, 2.75) is 44.4 Å². The van der Waals surface area contributed by atoms with Crippen LogP contribution in [0.15, 0.2) is 83.4 Å². The number of aliphatic hydroxyl groups is 1. The van der Waals surface area contributed by atoms with Gasteiger partial charge in [-0.2, -0.15) is 0 Å². The molecule has 2 heterocycles. The number of benzene rings is 3. The average Bonchev–Trinajstić information content (AvgIpc) is 3.47. The van der Waals surface area contributed by atoms with Crippen molar-refractivity contribution in [3.05, 3.63) is 119 Å². The molecule has 1 aliphatic rings. The van der Waals surface area contributed by atoms with Crippen LogP contribution in [-0.2, 0) is 5.54 Å². The number of ether oxygens (including phenoxy) is 1. The molecule has 42 heavy (non-hydrogen) atoms. The van der Waals surface area contributed by atoms with E-state index in [1.165, 1.54) is 24.3 Å². The second-order valence-corrected chi connectivity index (χ2v) is 11.2. The molecule has 4 aromatic rings. The van der Waals surface area contributed by atoms with Crippen LogP contribution in [-0.4, -0.2) is 47.5 Å². The normalized spacial score (nSPS) is 20.3. The lowest BCUT2D eigenvalue weighted by molar-refractivity contribution is -0.0178. The Morgan fingerprint density at radius 1 is 1.05 bits per heavy atom. The van der Waals surface area contributed by atoms with E-state index in [-0.39, 0.29) is 30.2 Å². The van der Waals surface area contributed by atoms with E-state index >= 15 is 0 Å². The molecule has 2 N–H and O–H groups in total. The summed E-state index contributed by atoms with van der Waals surface area (Å²) < 4.78 is 39.2. The predicted molar refractivity (Wildman–Crippen MR) is 160 cm³/mol. The van der Waals surface area contributed by atoms with Gasteiger partial charge in [0.1, 0.15) is 30.1 Å².